The van der Waals surface area contributed by atoms with E-state index in [4.69, 9.17) is 15.0 Å². The number of fused-ring (bicyclic) bond motifs is 12. The molecular formula is C73H73Ir2N12+. The number of imidazole rings is 2. The number of nitrogens with zero attached hydrogens (tertiary/aromatic N) is 12. The van der Waals surface area contributed by atoms with Gasteiger partial charge in [-0.15, -0.1) is 65.3 Å². The summed E-state index contributed by atoms with van der Waals surface area (Å²) < 4.78 is 6.85. The van der Waals surface area contributed by atoms with Crippen molar-refractivity contribution in [3.63, 3.8) is 0 Å². The van der Waals surface area contributed by atoms with Crippen molar-refractivity contribution >= 4 is 76.9 Å². The van der Waals surface area contributed by atoms with Gasteiger partial charge >= 0.3 is 40.2 Å². The Bertz CT molecular complexity index is 4240. The average molecular weight is 1500 g/mol. The van der Waals surface area contributed by atoms with Crippen LogP contribution in [-0.4, -0.2) is 57.9 Å². The van der Waals surface area contributed by atoms with E-state index in [1.165, 1.54) is 39.2 Å². The molecule has 0 radical (unpaired) electrons. The van der Waals surface area contributed by atoms with Gasteiger partial charge in [0.05, 0.1) is 36.2 Å². The van der Waals surface area contributed by atoms with Gasteiger partial charge in [0.15, 0.2) is 5.52 Å². The molecule has 0 atom stereocenters. The van der Waals surface area contributed by atoms with E-state index in [1.54, 1.807) is 18.7 Å². The zero-order chi connectivity index (χ0) is 59.6. The van der Waals surface area contributed by atoms with Gasteiger partial charge in [-0.2, -0.15) is 74.0 Å². The molecule has 2 aliphatic heterocycles. The Labute approximate surface area is 539 Å². The monoisotopic (exact) mass is 1500 g/mol. The van der Waals surface area contributed by atoms with Crippen LogP contribution in [0.2, 0.25) is 0 Å². The van der Waals surface area contributed by atoms with E-state index in [-0.39, 0.29) is 40.2 Å². The summed E-state index contributed by atoms with van der Waals surface area (Å²) in [5.41, 5.74) is 17.1. The van der Waals surface area contributed by atoms with Gasteiger partial charge in [0.2, 0.25) is 0 Å². The van der Waals surface area contributed by atoms with Crippen LogP contribution in [0, 0.1) is 37.6 Å². The quantitative estimate of drug-likeness (QED) is 0.0838. The standard InChI is InChI=1S/C27H28N4.C26H25N4.2C10H10N2.2Ir/c1-16(2)18-12-9-13-19(17(3)4)23(18)27-30(5)25-21-11-8-7-10-20(21)22-14-28-15-29-24(22)26(25)31(27)6;1-15(2)17-11-8-12-18(16(3)4)21(17)26-29-23-20-10-7-6-9-19(20)22-24(25(23)30(26)5)28-14-13-27-22;2*1-11-7-8-12(9-11)10-5-3-2-4-6-10;;/h7-10,12-17H,1-6H3;6-9,11-16H,1-5H3;2*2-5,7-9H,1H3;;/q;-1;2*-2;2*+3. The molecule has 6 heterocycles. The molecule has 2 aliphatic rings. The largest absolute Gasteiger partial charge is 3.00 e. The Hall–Kier alpha value is -8.12. The van der Waals surface area contributed by atoms with Crippen LogP contribution in [0.15, 0.2) is 171 Å². The fourth-order valence-corrected chi connectivity index (χ4v) is 11.8. The van der Waals surface area contributed by atoms with Gasteiger partial charge in [-0.05, 0) is 90.2 Å². The normalized spacial score (nSPS) is 12.8. The maximum absolute atomic E-state index is 5.21. The van der Waals surface area contributed by atoms with Crippen LogP contribution in [0.5, 0.6) is 0 Å². The summed E-state index contributed by atoms with van der Waals surface area (Å²) in [6.07, 6.45) is 15.1. The Kier molecular flexibility index (Phi) is 19.9. The molecule has 0 saturated carbocycles. The minimum atomic E-state index is 0. The predicted octanol–water partition coefficient (Wildman–Crippen LogP) is 15.9. The van der Waals surface area contributed by atoms with Gasteiger partial charge in [-0.1, -0.05) is 108 Å². The van der Waals surface area contributed by atoms with Crippen LogP contribution >= 0.6 is 0 Å². The second-order valence-electron chi connectivity index (χ2n) is 23.0. The zero-order valence-electron chi connectivity index (χ0n) is 51.7. The Balaban J connectivity index is 0.000000149. The van der Waals surface area contributed by atoms with Gasteiger partial charge in [-0.3, -0.25) is 19.5 Å². The molecule has 8 aromatic carbocycles. The van der Waals surface area contributed by atoms with Crippen molar-refractivity contribution in [3.8, 4) is 22.8 Å². The van der Waals surface area contributed by atoms with Crippen molar-refractivity contribution in [1.29, 1.82) is 0 Å². The van der Waals surface area contributed by atoms with E-state index in [0.717, 1.165) is 82.7 Å². The first-order valence-corrected chi connectivity index (χ1v) is 29.2. The van der Waals surface area contributed by atoms with Crippen molar-refractivity contribution in [3.05, 3.63) is 231 Å². The number of anilines is 2. The molecule has 0 amide bonds. The van der Waals surface area contributed by atoms with E-state index < -0.39 is 0 Å². The molecule has 14 rings (SSSR count). The maximum atomic E-state index is 5.21. The number of hydrogen-bond acceptors (Lipinski definition) is 9. The summed E-state index contributed by atoms with van der Waals surface area (Å²) in [5.74, 6) is 3.84. The van der Waals surface area contributed by atoms with E-state index in [1.807, 2.05) is 151 Å². The summed E-state index contributed by atoms with van der Waals surface area (Å²) in [6.45, 7) is 22.1. The van der Waals surface area contributed by atoms with Crippen LogP contribution in [0.4, 0.5) is 11.4 Å². The number of aryl methyl sites for hydroxylation is 3. The summed E-state index contributed by atoms with van der Waals surface area (Å²) in [6, 6.07) is 54.6. The molecule has 0 N–H and O–H groups in total. The third kappa shape index (κ3) is 12.4. The molecule has 4 aromatic heterocycles. The minimum absolute atomic E-state index is 0. The molecular weight excluding hydrogens is 1430 g/mol. The van der Waals surface area contributed by atoms with E-state index >= 15 is 0 Å². The van der Waals surface area contributed by atoms with Crippen molar-refractivity contribution in [2.75, 3.05) is 23.9 Å². The summed E-state index contributed by atoms with van der Waals surface area (Å²) in [5, 5.41) is 5.35. The molecule has 0 unspecified atom stereocenters. The molecule has 14 heteroatoms. The third-order valence-corrected chi connectivity index (χ3v) is 15.9. The summed E-state index contributed by atoms with van der Waals surface area (Å²) >= 11 is 0. The second kappa shape index (κ2) is 27.3. The number of para-hydroxylation sites is 2. The summed E-state index contributed by atoms with van der Waals surface area (Å²) in [7, 11) is 10.4. The third-order valence-electron chi connectivity index (χ3n) is 15.9. The molecule has 0 saturated heterocycles. The molecule has 12 nitrogen and oxygen atoms in total. The van der Waals surface area contributed by atoms with Crippen molar-refractivity contribution in [1.82, 2.24) is 43.9 Å². The van der Waals surface area contributed by atoms with Gasteiger partial charge in [0, 0.05) is 36.7 Å². The number of rotatable bonds is 8. The minimum Gasteiger partial charge on any atom is -0.510 e. The van der Waals surface area contributed by atoms with Gasteiger partial charge < -0.3 is 24.2 Å². The van der Waals surface area contributed by atoms with Gasteiger partial charge in [-0.25, -0.2) is 14.5 Å². The molecule has 12 aromatic rings. The molecule has 0 fully saturated rings. The topological polar surface area (TPSA) is 91.1 Å². The van der Waals surface area contributed by atoms with Crippen LogP contribution in [0.1, 0.15) is 101 Å². The second-order valence-corrected chi connectivity index (χ2v) is 23.0. The molecule has 0 spiro atoms. The smallest absolute Gasteiger partial charge is 0.510 e. The molecule has 442 valence electrons. The van der Waals surface area contributed by atoms with Gasteiger partial charge in [0.1, 0.15) is 23.2 Å². The van der Waals surface area contributed by atoms with Crippen LogP contribution < -0.4 is 14.4 Å². The first kappa shape index (κ1) is 63.4. The van der Waals surface area contributed by atoms with Crippen LogP contribution in [0.3, 0.4) is 0 Å². The van der Waals surface area contributed by atoms with E-state index in [9.17, 15) is 0 Å². The Morgan fingerprint density at radius 2 is 0.966 bits per heavy atom. The van der Waals surface area contributed by atoms with Crippen molar-refractivity contribution < 1.29 is 44.8 Å². The number of benzene rings is 8. The van der Waals surface area contributed by atoms with Crippen molar-refractivity contribution in [2.45, 2.75) is 79.1 Å². The van der Waals surface area contributed by atoms with Crippen molar-refractivity contribution in [2.24, 2.45) is 21.1 Å². The van der Waals surface area contributed by atoms with Crippen LogP contribution in [0.25, 0.3) is 88.3 Å². The number of hydrogen-bond donors (Lipinski definition) is 0. The molecule has 87 heavy (non-hydrogen) atoms. The molecule has 0 bridgehead atoms. The molecule has 0 aliphatic carbocycles. The van der Waals surface area contributed by atoms with E-state index in [2.05, 4.69) is 173 Å². The Morgan fingerprint density at radius 3 is 1.47 bits per heavy atom. The first-order chi connectivity index (χ1) is 41.1. The van der Waals surface area contributed by atoms with E-state index in [0.29, 0.717) is 23.7 Å². The average Bonchev–Trinajstić information content (AvgIpc) is 1.62. The fraction of sp³-hybridized carbons (Fsp3) is 0.233. The first-order valence-electron chi connectivity index (χ1n) is 29.2. The fourth-order valence-electron chi connectivity index (χ4n) is 11.8. The maximum Gasteiger partial charge on any atom is 3.00 e. The Morgan fingerprint density at radius 1 is 0.460 bits per heavy atom. The predicted molar refractivity (Wildman–Crippen MR) is 349 cm³/mol. The zero-order valence-corrected chi connectivity index (χ0v) is 56.5. The van der Waals surface area contributed by atoms with Gasteiger partial charge in [0.25, 0.3) is 5.82 Å². The SMILES string of the molecule is CC(C)c1cccc(C(C)C)c1-c1n(C)c2c3ncncc3c3ccc[c-]c3c2[n+]1C.CC(C)c1cccc(C(C)C)c1-c1nc2c3[c-]cccc3c3nccnc3c2n1C.CN1C=CN(c2[c-]cccc2)[CH-]1.CN1C=CN(c2[c-]cccc2)[CH-]1.[Ir+3].[Ir+3]. The summed E-state index contributed by atoms with van der Waals surface area (Å²) in [4.78, 5) is 31.7. The van der Waals surface area contributed by atoms with Crippen LogP contribution in [-0.2, 0) is 61.4 Å². The number of aromatic nitrogens is 8.